The highest BCUT2D eigenvalue weighted by Gasteiger charge is 2.25. The van der Waals surface area contributed by atoms with Crippen molar-refractivity contribution in [1.29, 1.82) is 0 Å². The second kappa shape index (κ2) is 7.80. The van der Waals surface area contributed by atoms with E-state index in [0.29, 0.717) is 30.4 Å². The van der Waals surface area contributed by atoms with Crippen molar-refractivity contribution in [3.63, 3.8) is 0 Å². The van der Waals surface area contributed by atoms with Crippen molar-refractivity contribution in [2.45, 2.75) is 51.5 Å². The molecule has 3 atom stereocenters. The molecule has 0 aliphatic heterocycles. The number of nitrogens with one attached hydrogen (secondary N) is 1. The van der Waals surface area contributed by atoms with Crippen LogP contribution in [0.2, 0.25) is 0 Å². The Morgan fingerprint density at radius 3 is 2.50 bits per heavy atom. The fourth-order valence-electron chi connectivity index (χ4n) is 3.41. The molecule has 2 rings (SSSR count). The van der Waals surface area contributed by atoms with E-state index >= 15 is 0 Å². The summed E-state index contributed by atoms with van der Waals surface area (Å²) in [7, 11) is 0. The lowest BCUT2D eigenvalue weighted by molar-refractivity contribution is 0.151. The van der Waals surface area contributed by atoms with Gasteiger partial charge in [-0.05, 0) is 36.2 Å². The van der Waals surface area contributed by atoms with Crippen LogP contribution in [0.3, 0.4) is 0 Å². The van der Waals surface area contributed by atoms with Crippen LogP contribution in [0.25, 0.3) is 0 Å². The van der Waals surface area contributed by atoms with Gasteiger partial charge in [0, 0.05) is 19.2 Å². The van der Waals surface area contributed by atoms with Crippen LogP contribution in [-0.2, 0) is 0 Å². The second-order valence-electron chi connectivity index (χ2n) is 6.50. The lowest BCUT2D eigenvalue weighted by Gasteiger charge is -2.33. The number of benzene rings is 1. The summed E-state index contributed by atoms with van der Waals surface area (Å²) >= 11 is 0. The zero-order valence-electron chi connectivity index (χ0n) is 12.9. The molecule has 0 spiro atoms. The summed E-state index contributed by atoms with van der Waals surface area (Å²) in [6.45, 7) is 5.94. The predicted octanol–water partition coefficient (Wildman–Crippen LogP) is 3.57. The minimum absolute atomic E-state index is 0.329. The Bertz CT molecular complexity index is 376. The fourth-order valence-corrected chi connectivity index (χ4v) is 3.41. The Hall–Kier alpha value is -0.860. The topological polar surface area (TPSA) is 32.3 Å². The Balaban J connectivity index is 1.95. The third kappa shape index (κ3) is 4.07. The largest absolute Gasteiger partial charge is 0.396 e. The fraction of sp³-hybridized carbons (Fsp3) is 0.667. The molecule has 0 heterocycles. The van der Waals surface area contributed by atoms with E-state index < -0.39 is 0 Å². The molecule has 0 bridgehead atoms. The molecule has 20 heavy (non-hydrogen) atoms. The maximum Gasteiger partial charge on any atom is 0.0474 e. The monoisotopic (exact) mass is 275 g/mol. The van der Waals surface area contributed by atoms with Crippen LogP contribution in [-0.4, -0.2) is 24.3 Å². The lowest BCUT2D eigenvalue weighted by Crippen LogP contribution is -2.42. The summed E-state index contributed by atoms with van der Waals surface area (Å²) < 4.78 is 0. The summed E-state index contributed by atoms with van der Waals surface area (Å²) in [5.41, 5.74) is 1.42. The van der Waals surface area contributed by atoms with Gasteiger partial charge in [0.1, 0.15) is 0 Å². The van der Waals surface area contributed by atoms with Gasteiger partial charge in [-0.15, -0.1) is 0 Å². The average molecular weight is 275 g/mol. The molecule has 1 aliphatic rings. The van der Waals surface area contributed by atoms with Crippen molar-refractivity contribution in [3.05, 3.63) is 35.9 Å². The molecule has 112 valence electrons. The highest BCUT2D eigenvalue weighted by molar-refractivity contribution is 5.20. The van der Waals surface area contributed by atoms with E-state index in [-0.39, 0.29) is 0 Å². The van der Waals surface area contributed by atoms with Crippen LogP contribution < -0.4 is 5.32 Å². The highest BCUT2D eigenvalue weighted by Crippen LogP contribution is 2.27. The van der Waals surface area contributed by atoms with E-state index in [2.05, 4.69) is 49.5 Å². The molecule has 0 radical (unpaired) electrons. The van der Waals surface area contributed by atoms with Gasteiger partial charge in [-0.3, -0.25) is 0 Å². The quantitative estimate of drug-likeness (QED) is 0.832. The van der Waals surface area contributed by atoms with Crippen LogP contribution in [0.15, 0.2) is 30.3 Å². The second-order valence-corrected chi connectivity index (χ2v) is 6.50. The third-order valence-corrected chi connectivity index (χ3v) is 4.78. The summed E-state index contributed by atoms with van der Waals surface area (Å²) in [4.78, 5) is 0. The SMILES string of the molecule is CC(C)C(CNC1CCCCC1CO)c1ccccc1. The van der Waals surface area contributed by atoms with E-state index in [9.17, 15) is 5.11 Å². The molecule has 2 N–H and O–H groups in total. The molecule has 0 saturated heterocycles. The van der Waals surface area contributed by atoms with Crippen molar-refractivity contribution >= 4 is 0 Å². The van der Waals surface area contributed by atoms with E-state index in [0.717, 1.165) is 6.54 Å². The molecule has 3 unspecified atom stereocenters. The van der Waals surface area contributed by atoms with Crippen LogP contribution in [0, 0.1) is 11.8 Å². The molecule has 2 heteroatoms. The smallest absolute Gasteiger partial charge is 0.0474 e. The van der Waals surface area contributed by atoms with Crippen LogP contribution >= 0.6 is 0 Å². The third-order valence-electron chi connectivity index (χ3n) is 4.78. The molecule has 1 aromatic rings. The maximum atomic E-state index is 9.51. The van der Waals surface area contributed by atoms with E-state index in [4.69, 9.17) is 0 Å². The average Bonchev–Trinajstić information content (AvgIpc) is 2.48. The molecular weight excluding hydrogens is 246 g/mol. The first kappa shape index (κ1) is 15.5. The summed E-state index contributed by atoms with van der Waals surface area (Å²) in [5.74, 6) is 1.63. The van der Waals surface area contributed by atoms with Gasteiger partial charge in [-0.25, -0.2) is 0 Å². The number of rotatable bonds is 6. The number of aliphatic hydroxyl groups excluding tert-OH is 1. The maximum absolute atomic E-state index is 9.51. The van der Waals surface area contributed by atoms with Crippen LogP contribution in [0.1, 0.15) is 51.0 Å². The molecule has 1 fully saturated rings. The first-order valence-electron chi connectivity index (χ1n) is 8.11. The van der Waals surface area contributed by atoms with Crippen LogP contribution in [0.4, 0.5) is 0 Å². The Labute approximate surface area is 123 Å². The Kier molecular flexibility index (Phi) is 6.06. The van der Waals surface area contributed by atoms with E-state index in [1.807, 2.05) is 0 Å². The zero-order chi connectivity index (χ0) is 14.4. The standard InChI is InChI=1S/C18H29NO/c1-14(2)17(15-8-4-3-5-9-15)12-19-18-11-7-6-10-16(18)13-20/h3-5,8-9,14,16-20H,6-7,10-13H2,1-2H3. The van der Waals surface area contributed by atoms with Gasteiger partial charge in [0.25, 0.3) is 0 Å². The van der Waals surface area contributed by atoms with Crippen molar-refractivity contribution < 1.29 is 5.11 Å². The normalized spacial score (nSPS) is 24.8. The number of aliphatic hydroxyl groups is 1. The molecule has 0 amide bonds. The van der Waals surface area contributed by atoms with Gasteiger partial charge >= 0.3 is 0 Å². The number of hydrogen-bond donors (Lipinski definition) is 2. The lowest BCUT2D eigenvalue weighted by atomic mass is 9.83. The van der Waals surface area contributed by atoms with Crippen molar-refractivity contribution in [2.75, 3.05) is 13.2 Å². The van der Waals surface area contributed by atoms with Gasteiger partial charge in [-0.2, -0.15) is 0 Å². The van der Waals surface area contributed by atoms with Crippen molar-refractivity contribution in [3.8, 4) is 0 Å². The number of hydrogen-bond acceptors (Lipinski definition) is 2. The van der Waals surface area contributed by atoms with Gasteiger partial charge in [-0.1, -0.05) is 57.0 Å². The van der Waals surface area contributed by atoms with Gasteiger partial charge in [0.15, 0.2) is 0 Å². The molecule has 1 saturated carbocycles. The van der Waals surface area contributed by atoms with E-state index in [1.54, 1.807) is 0 Å². The molecule has 0 aromatic heterocycles. The molecule has 2 nitrogen and oxygen atoms in total. The highest BCUT2D eigenvalue weighted by atomic mass is 16.3. The summed E-state index contributed by atoms with van der Waals surface area (Å²) in [6.07, 6.45) is 4.96. The van der Waals surface area contributed by atoms with Gasteiger partial charge in [0.05, 0.1) is 0 Å². The Morgan fingerprint density at radius 2 is 1.85 bits per heavy atom. The first-order valence-corrected chi connectivity index (χ1v) is 8.11. The minimum atomic E-state index is 0.329. The minimum Gasteiger partial charge on any atom is -0.396 e. The summed E-state index contributed by atoms with van der Waals surface area (Å²) in [6, 6.07) is 11.3. The zero-order valence-corrected chi connectivity index (χ0v) is 12.9. The van der Waals surface area contributed by atoms with Gasteiger partial charge < -0.3 is 10.4 Å². The predicted molar refractivity (Wildman–Crippen MR) is 84.9 cm³/mol. The molecular formula is C18H29NO. The molecule has 1 aromatic carbocycles. The summed E-state index contributed by atoms with van der Waals surface area (Å²) in [5, 5.41) is 13.3. The van der Waals surface area contributed by atoms with E-state index in [1.165, 1.54) is 31.2 Å². The molecule has 1 aliphatic carbocycles. The van der Waals surface area contributed by atoms with Crippen molar-refractivity contribution in [2.24, 2.45) is 11.8 Å². The first-order chi connectivity index (χ1) is 9.72. The Morgan fingerprint density at radius 1 is 1.15 bits per heavy atom. The van der Waals surface area contributed by atoms with Crippen LogP contribution in [0.5, 0.6) is 0 Å². The van der Waals surface area contributed by atoms with Gasteiger partial charge in [0.2, 0.25) is 0 Å². The van der Waals surface area contributed by atoms with Crippen molar-refractivity contribution in [1.82, 2.24) is 5.32 Å².